The number of hydrogen-bond donors (Lipinski definition) is 0. The largest absolute Gasteiger partial charge is 0.361 e. The van der Waals surface area contributed by atoms with Crippen LogP contribution in [-0.4, -0.2) is 48.6 Å². The van der Waals surface area contributed by atoms with Crippen molar-refractivity contribution in [2.75, 3.05) is 31.1 Å². The molecule has 3 fully saturated rings. The van der Waals surface area contributed by atoms with Crippen LogP contribution in [-0.2, 0) is 14.3 Å². The molecule has 1 unspecified atom stereocenters. The number of nitrogens with zero attached hydrogens (tertiary/aromatic N) is 2. The first kappa shape index (κ1) is 15.6. The number of rotatable bonds is 2. The SMILES string of the molecule is O=C(C1CCCC1)N1CCC2(C1)CN(c1ccccc1)C(=O)CO2. The molecule has 1 aliphatic carbocycles. The van der Waals surface area contributed by atoms with E-state index in [2.05, 4.69) is 0 Å². The molecule has 2 heterocycles. The minimum atomic E-state index is -0.405. The zero-order valence-corrected chi connectivity index (χ0v) is 13.9. The van der Waals surface area contributed by atoms with Crippen molar-refractivity contribution in [2.45, 2.75) is 37.7 Å². The van der Waals surface area contributed by atoms with Gasteiger partial charge in [0.15, 0.2) is 0 Å². The number of benzene rings is 1. The lowest BCUT2D eigenvalue weighted by molar-refractivity contribution is -0.140. The molecule has 0 bridgehead atoms. The fourth-order valence-corrected chi connectivity index (χ4v) is 4.27. The summed E-state index contributed by atoms with van der Waals surface area (Å²) < 4.78 is 5.95. The molecule has 24 heavy (non-hydrogen) atoms. The molecule has 1 aromatic rings. The lowest BCUT2D eigenvalue weighted by atomic mass is 9.99. The Morgan fingerprint density at radius 1 is 1.12 bits per heavy atom. The highest BCUT2D eigenvalue weighted by Crippen LogP contribution is 2.34. The molecular formula is C19H24N2O3. The van der Waals surface area contributed by atoms with Crippen LogP contribution in [0.5, 0.6) is 0 Å². The number of para-hydroxylation sites is 1. The monoisotopic (exact) mass is 328 g/mol. The van der Waals surface area contributed by atoms with Crippen LogP contribution in [0.15, 0.2) is 30.3 Å². The van der Waals surface area contributed by atoms with Crippen molar-refractivity contribution in [2.24, 2.45) is 5.92 Å². The lowest BCUT2D eigenvalue weighted by Crippen LogP contribution is -2.56. The van der Waals surface area contributed by atoms with E-state index in [-0.39, 0.29) is 24.3 Å². The molecule has 0 aromatic heterocycles. The fourth-order valence-electron chi connectivity index (χ4n) is 4.27. The van der Waals surface area contributed by atoms with E-state index in [1.54, 1.807) is 0 Å². The molecule has 1 spiro atoms. The molecule has 128 valence electrons. The standard InChI is InChI=1S/C19H24N2O3/c22-17-12-24-19(14-21(17)16-8-2-1-3-9-16)10-11-20(13-19)18(23)15-6-4-5-7-15/h1-3,8-9,15H,4-7,10-14H2. The van der Waals surface area contributed by atoms with Gasteiger partial charge in [-0.15, -0.1) is 0 Å². The first-order valence-corrected chi connectivity index (χ1v) is 8.95. The van der Waals surface area contributed by atoms with E-state index >= 15 is 0 Å². The molecule has 1 saturated carbocycles. The van der Waals surface area contributed by atoms with E-state index in [0.29, 0.717) is 13.1 Å². The van der Waals surface area contributed by atoms with Gasteiger partial charge in [-0.25, -0.2) is 0 Å². The summed E-state index contributed by atoms with van der Waals surface area (Å²) >= 11 is 0. The van der Waals surface area contributed by atoms with Crippen molar-refractivity contribution >= 4 is 17.5 Å². The fraction of sp³-hybridized carbons (Fsp3) is 0.579. The van der Waals surface area contributed by atoms with E-state index in [1.807, 2.05) is 40.1 Å². The maximum atomic E-state index is 12.7. The Morgan fingerprint density at radius 3 is 2.62 bits per heavy atom. The predicted molar refractivity (Wildman–Crippen MR) is 90.6 cm³/mol. The number of hydrogen-bond acceptors (Lipinski definition) is 3. The number of amides is 2. The topological polar surface area (TPSA) is 49.9 Å². The Bertz CT molecular complexity index is 627. The van der Waals surface area contributed by atoms with Crippen LogP contribution in [0, 0.1) is 5.92 Å². The molecule has 4 rings (SSSR count). The summed E-state index contributed by atoms with van der Waals surface area (Å²) in [6.07, 6.45) is 5.20. The molecular weight excluding hydrogens is 304 g/mol. The van der Waals surface area contributed by atoms with Gasteiger partial charge in [-0.05, 0) is 31.4 Å². The quantitative estimate of drug-likeness (QED) is 0.836. The van der Waals surface area contributed by atoms with Gasteiger partial charge in [-0.3, -0.25) is 9.59 Å². The molecule has 0 N–H and O–H groups in total. The van der Waals surface area contributed by atoms with Crippen LogP contribution in [0.4, 0.5) is 5.69 Å². The summed E-state index contributed by atoms with van der Waals surface area (Å²) in [6, 6.07) is 9.73. The summed E-state index contributed by atoms with van der Waals surface area (Å²) in [4.78, 5) is 28.7. The summed E-state index contributed by atoms with van der Waals surface area (Å²) in [5.41, 5.74) is 0.503. The zero-order chi connectivity index (χ0) is 16.6. The number of carbonyl (C=O) groups excluding carboxylic acids is 2. The van der Waals surface area contributed by atoms with Gasteiger partial charge in [0.05, 0.1) is 13.1 Å². The first-order chi connectivity index (χ1) is 11.7. The number of ether oxygens (including phenoxy) is 1. The van der Waals surface area contributed by atoms with Gasteiger partial charge < -0.3 is 14.5 Å². The predicted octanol–water partition coefficient (Wildman–Crippen LogP) is 2.21. The van der Waals surface area contributed by atoms with Gasteiger partial charge in [0.25, 0.3) is 5.91 Å². The van der Waals surface area contributed by atoms with E-state index < -0.39 is 5.60 Å². The Hall–Kier alpha value is -1.88. The van der Waals surface area contributed by atoms with Gasteiger partial charge in [0.1, 0.15) is 12.2 Å². The first-order valence-electron chi connectivity index (χ1n) is 8.95. The van der Waals surface area contributed by atoms with Crippen LogP contribution >= 0.6 is 0 Å². The molecule has 5 nitrogen and oxygen atoms in total. The third kappa shape index (κ3) is 2.81. The normalized spacial score (nSPS) is 28.1. The van der Waals surface area contributed by atoms with Gasteiger partial charge >= 0.3 is 0 Å². The van der Waals surface area contributed by atoms with Gasteiger partial charge in [0.2, 0.25) is 5.91 Å². The molecule has 2 amide bonds. The highest BCUT2D eigenvalue weighted by molar-refractivity contribution is 5.95. The van der Waals surface area contributed by atoms with Crippen LogP contribution in [0.3, 0.4) is 0 Å². The van der Waals surface area contributed by atoms with Crippen LogP contribution in [0.2, 0.25) is 0 Å². The maximum absolute atomic E-state index is 12.7. The third-order valence-electron chi connectivity index (χ3n) is 5.65. The minimum Gasteiger partial charge on any atom is -0.361 e. The second-order valence-electron chi connectivity index (χ2n) is 7.28. The van der Waals surface area contributed by atoms with Crippen molar-refractivity contribution in [3.05, 3.63) is 30.3 Å². The van der Waals surface area contributed by atoms with E-state index in [4.69, 9.17) is 4.74 Å². The van der Waals surface area contributed by atoms with Crippen molar-refractivity contribution in [3.8, 4) is 0 Å². The van der Waals surface area contributed by atoms with Crippen LogP contribution in [0.1, 0.15) is 32.1 Å². The average Bonchev–Trinajstić information content (AvgIpc) is 3.28. The summed E-state index contributed by atoms with van der Waals surface area (Å²) in [5.74, 6) is 0.485. The smallest absolute Gasteiger partial charge is 0.253 e. The van der Waals surface area contributed by atoms with Crippen molar-refractivity contribution in [3.63, 3.8) is 0 Å². The van der Waals surface area contributed by atoms with Crippen LogP contribution in [0.25, 0.3) is 0 Å². The summed E-state index contributed by atoms with van der Waals surface area (Å²) in [7, 11) is 0. The second-order valence-corrected chi connectivity index (χ2v) is 7.28. The Kier molecular flexibility index (Phi) is 4.04. The zero-order valence-electron chi connectivity index (χ0n) is 13.9. The lowest BCUT2D eigenvalue weighted by Gasteiger charge is -2.40. The van der Waals surface area contributed by atoms with E-state index in [9.17, 15) is 9.59 Å². The minimum absolute atomic E-state index is 0.00704. The van der Waals surface area contributed by atoms with Crippen molar-refractivity contribution in [1.82, 2.24) is 4.90 Å². The summed E-state index contributed by atoms with van der Waals surface area (Å²) in [6.45, 7) is 1.98. The van der Waals surface area contributed by atoms with Crippen molar-refractivity contribution < 1.29 is 14.3 Å². The number of carbonyl (C=O) groups is 2. The Morgan fingerprint density at radius 2 is 1.88 bits per heavy atom. The molecule has 2 saturated heterocycles. The molecule has 1 atom stereocenters. The third-order valence-corrected chi connectivity index (χ3v) is 5.65. The highest BCUT2D eigenvalue weighted by atomic mass is 16.5. The van der Waals surface area contributed by atoms with E-state index in [0.717, 1.165) is 31.5 Å². The number of anilines is 1. The maximum Gasteiger partial charge on any atom is 0.253 e. The van der Waals surface area contributed by atoms with E-state index in [1.165, 1.54) is 12.8 Å². The van der Waals surface area contributed by atoms with Gasteiger partial charge in [-0.2, -0.15) is 0 Å². The molecule has 0 radical (unpaired) electrons. The van der Waals surface area contributed by atoms with Crippen molar-refractivity contribution in [1.29, 1.82) is 0 Å². The molecule has 5 heteroatoms. The average molecular weight is 328 g/mol. The van der Waals surface area contributed by atoms with Crippen LogP contribution < -0.4 is 4.90 Å². The number of morpholine rings is 1. The van der Waals surface area contributed by atoms with Gasteiger partial charge in [-0.1, -0.05) is 31.0 Å². The molecule has 1 aromatic carbocycles. The second kappa shape index (κ2) is 6.20. The Balaban J connectivity index is 1.47. The van der Waals surface area contributed by atoms with Gasteiger partial charge in [0, 0.05) is 18.2 Å². The Labute approximate surface area is 142 Å². The molecule has 2 aliphatic heterocycles. The molecule has 3 aliphatic rings. The number of likely N-dealkylation sites (tertiary alicyclic amines) is 1. The summed E-state index contributed by atoms with van der Waals surface area (Å²) in [5, 5.41) is 0. The highest BCUT2D eigenvalue weighted by Gasteiger charge is 2.47.